The molecule has 2 unspecified atom stereocenters. The Labute approximate surface area is 117 Å². The highest BCUT2D eigenvalue weighted by molar-refractivity contribution is 5.44. The quantitative estimate of drug-likeness (QED) is 0.819. The maximum atomic E-state index is 5.38. The van der Waals surface area contributed by atoms with Crippen LogP contribution in [0.3, 0.4) is 0 Å². The third-order valence-corrected chi connectivity index (χ3v) is 3.63. The van der Waals surface area contributed by atoms with E-state index in [9.17, 15) is 0 Å². The van der Waals surface area contributed by atoms with Crippen LogP contribution in [-0.2, 0) is 0 Å². The topological polar surface area (TPSA) is 30.5 Å². The summed E-state index contributed by atoms with van der Waals surface area (Å²) in [6, 6.07) is 6.64. The van der Waals surface area contributed by atoms with Gasteiger partial charge in [0.1, 0.15) is 0 Å². The molecule has 0 radical (unpaired) electrons. The highest BCUT2D eigenvalue weighted by Gasteiger charge is 2.22. The molecule has 0 saturated heterocycles. The minimum atomic E-state index is 0.430. The number of rotatable bonds is 7. The van der Waals surface area contributed by atoms with Crippen LogP contribution in [0.15, 0.2) is 18.2 Å². The molecule has 0 saturated carbocycles. The van der Waals surface area contributed by atoms with E-state index in [4.69, 9.17) is 9.47 Å². The van der Waals surface area contributed by atoms with Crippen molar-refractivity contribution >= 4 is 0 Å². The van der Waals surface area contributed by atoms with E-state index < -0.39 is 0 Å². The van der Waals surface area contributed by atoms with E-state index in [1.165, 1.54) is 5.56 Å². The number of nitrogens with one attached hydrogen (secondary N) is 1. The van der Waals surface area contributed by atoms with E-state index in [1.54, 1.807) is 14.2 Å². The predicted octanol–water partition coefficient (Wildman–Crippen LogP) is 3.44. The lowest BCUT2D eigenvalue weighted by Gasteiger charge is -2.29. The van der Waals surface area contributed by atoms with Crippen molar-refractivity contribution in [1.82, 2.24) is 5.32 Å². The second-order valence-electron chi connectivity index (χ2n) is 5.23. The first-order valence-corrected chi connectivity index (χ1v) is 7.00. The zero-order valence-electron chi connectivity index (χ0n) is 13.0. The molecule has 0 amide bonds. The summed E-state index contributed by atoms with van der Waals surface area (Å²) >= 11 is 0. The molecule has 2 atom stereocenters. The van der Waals surface area contributed by atoms with Crippen LogP contribution in [0.1, 0.15) is 39.2 Å². The van der Waals surface area contributed by atoms with Gasteiger partial charge in [-0.3, -0.25) is 0 Å². The van der Waals surface area contributed by atoms with Crippen molar-refractivity contribution in [3.63, 3.8) is 0 Å². The Morgan fingerprint density at radius 1 is 1.05 bits per heavy atom. The summed E-state index contributed by atoms with van der Waals surface area (Å²) in [5.74, 6) is 2.59. The van der Waals surface area contributed by atoms with E-state index in [2.05, 4.69) is 45.1 Å². The van der Waals surface area contributed by atoms with Gasteiger partial charge in [0.25, 0.3) is 0 Å². The van der Waals surface area contributed by atoms with E-state index in [0.29, 0.717) is 17.9 Å². The SMILES string of the molecule is CCNC(C(C)C)C(C)c1ccc(OC)c(OC)c1. The smallest absolute Gasteiger partial charge is 0.160 e. The Kier molecular flexibility index (Phi) is 6.16. The molecule has 0 fully saturated rings. The lowest BCUT2D eigenvalue weighted by Crippen LogP contribution is -2.38. The van der Waals surface area contributed by atoms with Crippen molar-refractivity contribution in [3.05, 3.63) is 23.8 Å². The van der Waals surface area contributed by atoms with Gasteiger partial charge in [-0.1, -0.05) is 33.8 Å². The Bertz CT molecular complexity index is 390. The van der Waals surface area contributed by atoms with Gasteiger partial charge in [-0.2, -0.15) is 0 Å². The lowest BCUT2D eigenvalue weighted by molar-refractivity contribution is 0.347. The standard InChI is InChI=1S/C16H27NO2/c1-7-17-16(11(2)3)12(4)13-8-9-14(18-5)15(10-13)19-6/h8-12,16-17H,7H2,1-6H3. The Morgan fingerprint density at radius 2 is 1.68 bits per heavy atom. The molecule has 1 aromatic carbocycles. The molecule has 108 valence electrons. The number of benzene rings is 1. The molecule has 3 heteroatoms. The van der Waals surface area contributed by atoms with Gasteiger partial charge < -0.3 is 14.8 Å². The first-order valence-electron chi connectivity index (χ1n) is 7.00. The first-order chi connectivity index (χ1) is 9.04. The van der Waals surface area contributed by atoms with E-state index >= 15 is 0 Å². The molecule has 3 nitrogen and oxygen atoms in total. The van der Waals surface area contributed by atoms with Crippen molar-refractivity contribution in [1.29, 1.82) is 0 Å². The van der Waals surface area contributed by atoms with E-state index in [-0.39, 0.29) is 0 Å². The van der Waals surface area contributed by atoms with Crippen LogP contribution in [0, 0.1) is 5.92 Å². The molecule has 19 heavy (non-hydrogen) atoms. The third kappa shape index (κ3) is 3.87. The van der Waals surface area contributed by atoms with Crippen molar-refractivity contribution in [2.24, 2.45) is 5.92 Å². The predicted molar refractivity (Wildman–Crippen MR) is 80.3 cm³/mol. The first kappa shape index (κ1) is 15.8. The molecular formula is C16H27NO2. The zero-order chi connectivity index (χ0) is 14.4. The number of likely N-dealkylation sites (N-methyl/N-ethyl adjacent to an activating group) is 1. The maximum Gasteiger partial charge on any atom is 0.160 e. The van der Waals surface area contributed by atoms with Crippen LogP contribution in [0.25, 0.3) is 0 Å². The zero-order valence-corrected chi connectivity index (χ0v) is 13.0. The van der Waals surface area contributed by atoms with Gasteiger partial charge >= 0.3 is 0 Å². The Hall–Kier alpha value is -1.22. The van der Waals surface area contributed by atoms with Gasteiger partial charge in [0.2, 0.25) is 0 Å². The summed E-state index contributed by atoms with van der Waals surface area (Å²) in [5.41, 5.74) is 1.28. The molecule has 0 aliphatic carbocycles. The largest absolute Gasteiger partial charge is 0.493 e. The fraction of sp³-hybridized carbons (Fsp3) is 0.625. The van der Waals surface area contributed by atoms with Crippen LogP contribution < -0.4 is 14.8 Å². The van der Waals surface area contributed by atoms with Crippen LogP contribution in [-0.4, -0.2) is 26.8 Å². The summed E-state index contributed by atoms with van der Waals surface area (Å²) in [4.78, 5) is 0. The van der Waals surface area contributed by atoms with Crippen molar-refractivity contribution in [2.75, 3.05) is 20.8 Å². The minimum absolute atomic E-state index is 0.430. The molecular weight excluding hydrogens is 238 g/mol. The monoisotopic (exact) mass is 265 g/mol. The highest BCUT2D eigenvalue weighted by Crippen LogP contribution is 2.32. The van der Waals surface area contributed by atoms with Gasteiger partial charge in [-0.25, -0.2) is 0 Å². The highest BCUT2D eigenvalue weighted by atomic mass is 16.5. The van der Waals surface area contributed by atoms with E-state index in [1.807, 2.05) is 6.07 Å². The third-order valence-electron chi connectivity index (χ3n) is 3.63. The van der Waals surface area contributed by atoms with Gasteiger partial charge in [0.15, 0.2) is 11.5 Å². The minimum Gasteiger partial charge on any atom is -0.493 e. The summed E-state index contributed by atoms with van der Waals surface area (Å²) < 4.78 is 10.7. The van der Waals surface area contributed by atoms with Crippen LogP contribution in [0.4, 0.5) is 0 Å². The van der Waals surface area contributed by atoms with Crippen LogP contribution >= 0.6 is 0 Å². The number of methoxy groups -OCH3 is 2. The molecule has 0 aliphatic rings. The van der Waals surface area contributed by atoms with Crippen LogP contribution in [0.2, 0.25) is 0 Å². The fourth-order valence-corrected chi connectivity index (χ4v) is 2.57. The summed E-state index contributed by atoms with van der Waals surface area (Å²) in [6.07, 6.45) is 0. The second kappa shape index (κ2) is 7.39. The summed E-state index contributed by atoms with van der Waals surface area (Å²) in [6.45, 7) is 9.90. The van der Waals surface area contributed by atoms with Gasteiger partial charge in [0.05, 0.1) is 14.2 Å². The molecule has 1 N–H and O–H groups in total. The van der Waals surface area contributed by atoms with Gasteiger partial charge in [-0.05, 0) is 36.1 Å². The average molecular weight is 265 g/mol. The van der Waals surface area contributed by atoms with Crippen LogP contribution in [0.5, 0.6) is 11.5 Å². The van der Waals surface area contributed by atoms with E-state index in [0.717, 1.165) is 18.0 Å². The number of hydrogen-bond acceptors (Lipinski definition) is 3. The normalized spacial score (nSPS) is 14.3. The van der Waals surface area contributed by atoms with Crippen molar-refractivity contribution in [2.45, 2.75) is 39.7 Å². The number of ether oxygens (including phenoxy) is 2. The molecule has 0 bridgehead atoms. The maximum absolute atomic E-state index is 5.38. The van der Waals surface area contributed by atoms with Gasteiger partial charge in [0, 0.05) is 6.04 Å². The number of hydrogen-bond donors (Lipinski definition) is 1. The molecule has 0 heterocycles. The van der Waals surface area contributed by atoms with Crippen molar-refractivity contribution in [3.8, 4) is 11.5 Å². The Morgan fingerprint density at radius 3 is 2.16 bits per heavy atom. The molecule has 0 spiro atoms. The van der Waals surface area contributed by atoms with Crippen molar-refractivity contribution < 1.29 is 9.47 Å². The average Bonchev–Trinajstić information content (AvgIpc) is 2.42. The summed E-state index contributed by atoms with van der Waals surface area (Å²) in [7, 11) is 3.34. The summed E-state index contributed by atoms with van der Waals surface area (Å²) in [5, 5.41) is 3.57. The molecule has 0 aromatic heterocycles. The Balaban J connectivity index is 3.00. The molecule has 0 aliphatic heterocycles. The second-order valence-corrected chi connectivity index (χ2v) is 5.23. The lowest BCUT2D eigenvalue weighted by atomic mass is 9.86. The van der Waals surface area contributed by atoms with Gasteiger partial charge in [-0.15, -0.1) is 0 Å². The fourth-order valence-electron chi connectivity index (χ4n) is 2.57. The molecule has 1 aromatic rings. The molecule has 1 rings (SSSR count).